The summed E-state index contributed by atoms with van der Waals surface area (Å²) in [5.74, 6) is 4.89. The van der Waals surface area contributed by atoms with Crippen LogP contribution in [0.2, 0.25) is 0 Å². The first-order valence-corrected chi connectivity index (χ1v) is 3.68. The first-order valence-electron chi connectivity index (χ1n) is 3.68. The van der Waals surface area contributed by atoms with E-state index in [4.69, 9.17) is 5.84 Å². The Balaban J connectivity index is 0.00000225. The second-order valence-electron chi connectivity index (χ2n) is 2.67. The van der Waals surface area contributed by atoms with Gasteiger partial charge < -0.3 is 5.43 Å². The summed E-state index contributed by atoms with van der Waals surface area (Å²) in [4.78, 5) is 9.40. The molecule has 1 rings (SSSR count). The highest BCUT2D eigenvalue weighted by atomic mass is 35.5. The number of alkyl halides is 3. The van der Waals surface area contributed by atoms with Crippen LogP contribution in [0, 0.1) is 10.1 Å². The highest BCUT2D eigenvalue weighted by Crippen LogP contribution is 2.33. The lowest BCUT2D eigenvalue weighted by Crippen LogP contribution is -2.11. The third-order valence-corrected chi connectivity index (χ3v) is 1.62. The number of nitrogens with one attached hydrogen (secondary N) is 1. The lowest BCUT2D eigenvalue weighted by Gasteiger charge is -2.08. The van der Waals surface area contributed by atoms with Crippen LogP contribution in [-0.4, -0.2) is 4.92 Å². The quantitative estimate of drug-likeness (QED) is 0.484. The van der Waals surface area contributed by atoms with Gasteiger partial charge in [0.15, 0.2) is 0 Å². The zero-order valence-electron chi connectivity index (χ0n) is 7.62. The largest absolute Gasteiger partial charge is 0.416 e. The smallest absolute Gasteiger partial charge is 0.324 e. The molecular formula is C7H7ClF3N3O2. The normalized spacial score (nSPS) is 10.5. The number of nitrogens with two attached hydrogens (primary N) is 1. The van der Waals surface area contributed by atoms with E-state index in [1.165, 1.54) is 0 Å². The summed E-state index contributed by atoms with van der Waals surface area (Å²) >= 11 is 0. The lowest BCUT2D eigenvalue weighted by molar-refractivity contribution is -0.385. The van der Waals surface area contributed by atoms with Crippen LogP contribution in [0.25, 0.3) is 0 Å². The molecule has 0 spiro atoms. The van der Waals surface area contributed by atoms with E-state index in [2.05, 4.69) is 0 Å². The summed E-state index contributed by atoms with van der Waals surface area (Å²) in [6, 6.07) is 2.04. The predicted molar refractivity (Wildman–Crippen MR) is 53.2 cm³/mol. The molecule has 3 N–H and O–H groups in total. The molecule has 1 aromatic carbocycles. The maximum absolute atomic E-state index is 12.3. The Morgan fingerprint density at radius 3 is 2.25 bits per heavy atom. The van der Waals surface area contributed by atoms with Crippen molar-refractivity contribution in [2.75, 3.05) is 5.43 Å². The summed E-state index contributed by atoms with van der Waals surface area (Å²) in [6.45, 7) is 0. The van der Waals surface area contributed by atoms with Gasteiger partial charge in [-0.25, -0.2) is 0 Å². The number of hydrogen-bond acceptors (Lipinski definition) is 4. The van der Waals surface area contributed by atoms with Crippen molar-refractivity contribution in [2.24, 2.45) is 5.84 Å². The van der Waals surface area contributed by atoms with Gasteiger partial charge in [0.05, 0.1) is 16.2 Å². The molecule has 0 aliphatic rings. The fourth-order valence-electron chi connectivity index (χ4n) is 0.964. The van der Waals surface area contributed by atoms with Crippen LogP contribution in [0.5, 0.6) is 0 Å². The molecule has 0 aliphatic heterocycles. The van der Waals surface area contributed by atoms with Crippen LogP contribution in [0.1, 0.15) is 5.56 Å². The summed E-state index contributed by atoms with van der Waals surface area (Å²) < 4.78 is 36.8. The zero-order valence-corrected chi connectivity index (χ0v) is 8.43. The molecule has 0 saturated heterocycles. The Morgan fingerprint density at radius 2 is 1.88 bits per heavy atom. The Bertz CT molecular complexity index is 397. The molecule has 0 aliphatic carbocycles. The number of rotatable bonds is 2. The van der Waals surface area contributed by atoms with Crippen LogP contribution in [0.15, 0.2) is 18.2 Å². The number of nitrogen functional groups attached to an aromatic ring is 1. The van der Waals surface area contributed by atoms with Gasteiger partial charge in [-0.1, -0.05) is 0 Å². The van der Waals surface area contributed by atoms with Gasteiger partial charge in [-0.3, -0.25) is 16.0 Å². The summed E-state index contributed by atoms with van der Waals surface area (Å²) in [7, 11) is 0. The van der Waals surface area contributed by atoms with Crippen LogP contribution >= 0.6 is 12.4 Å². The molecule has 0 amide bonds. The standard InChI is InChI=1S/C7H6F3N3O2.ClH/c8-7(9,10)4-1-5(12-11)3-6(2-4)13(14)15;/h1-3,12H,11H2;1H. The Morgan fingerprint density at radius 1 is 1.31 bits per heavy atom. The van der Waals surface area contributed by atoms with Gasteiger partial charge in [0.2, 0.25) is 0 Å². The highest BCUT2D eigenvalue weighted by Gasteiger charge is 2.32. The van der Waals surface area contributed by atoms with E-state index in [-0.39, 0.29) is 18.1 Å². The van der Waals surface area contributed by atoms with Crippen molar-refractivity contribution < 1.29 is 18.1 Å². The molecule has 0 unspecified atom stereocenters. The summed E-state index contributed by atoms with van der Waals surface area (Å²) in [6.07, 6.45) is -4.64. The van der Waals surface area contributed by atoms with Gasteiger partial charge >= 0.3 is 6.18 Å². The van der Waals surface area contributed by atoms with Gasteiger partial charge in [-0.2, -0.15) is 13.2 Å². The van der Waals surface area contributed by atoms with Crippen molar-refractivity contribution in [1.82, 2.24) is 0 Å². The van der Waals surface area contributed by atoms with Gasteiger partial charge in [0.25, 0.3) is 5.69 Å². The minimum atomic E-state index is -4.64. The maximum Gasteiger partial charge on any atom is 0.416 e. The number of nitrogens with zero attached hydrogens (tertiary/aromatic N) is 1. The van der Waals surface area contributed by atoms with E-state index in [0.717, 1.165) is 6.07 Å². The molecule has 5 nitrogen and oxygen atoms in total. The first kappa shape index (κ1) is 14.5. The number of halogens is 4. The number of benzene rings is 1. The average molecular weight is 258 g/mol. The fraction of sp³-hybridized carbons (Fsp3) is 0.143. The van der Waals surface area contributed by atoms with Gasteiger partial charge in [0, 0.05) is 12.1 Å². The predicted octanol–water partition coefficient (Wildman–Crippen LogP) is 2.32. The van der Waals surface area contributed by atoms with E-state index in [1.807, 2.05) is 5.43 Å². The molecule has 0 saturated carbocycles. The summed E-state index contributed by atoms with van der Waals surface area (Å²) in [5.41, 5.74) is -0.0290. The van der Waals surface area contributed by atoms with Crippen molar-refractivity contribution >= 4 is 23.8 Å². The van der Waals surface area contributed by atoms with E-state index >= 15 is 0 Å². The number of hydrazine groups is 1. The number of hydrogen-bond donors (Lipinski definition) is 2. The fourth-order valence-corrected chi connectivity index (χ4v) is 0.964. The Hall–Kier alpha value is -1.54. The molecule has 1 aromatic rings. The number of non-ortho nitro benzene ring substituents is 1. The molecule has 0 bridgehead atoms. The Labute approximate surface area is 94.0 Å². The van der Waals surface area contributed by atoms with Gasteiger partial charge in [0.1, 0.15) is 0 Å². The minimum Gasteiger partial charge on any atom is -0.324 e. The van der Waals surface area contributed by atoms with E-state index < -0.39 is 22.4 Å². The van der Waals surface area contributed by atoms with Crippen molar-refractivity contribution in [3.05, 3.63) is 33.9 Å². The van der Waals surface area contributed by atoms with Crippen LogP contribution in [-0.2, 0) is 6.18 Å². The Kier molecular flexibility index (Phi) is 4.51. The molecule has 0 fully saturated rings. The van der Waals surface area contributed by atoms with Crippen molar-refractivity contribution in [1.29, 1.82) is 0 Å². The minimum absolute atomic E-state index is 0. The van der Waals surface area contributed by atoms with E-state index in [0.29, 0.717) is 12.1 Å². The zero-order chi connectivity index (χ0) is 11.6. The molecule has 9 heteroatoms. The number of anilines is 1. The molecule has 0 aromatic heterocycles. The third kappa shape index (κ3) is 3.24. The monoisotopic (exact) mass is 257 g/mol. The van der Waals surface area contributed by atoms with Crippen molar-refractivity contribution in [3.63, 3.8) is 0 Å². The SMILES string of the molecule is Cl.NNc1cc([N+](=O)[O-])cc(C(F)(F)F)c1. The number of nitro benzene ring substituents is 1. The van der Waals surface area contributed by atoms with Crippen molar-refractivity contribution in [3.8, 4) is 0 Å². The van der Waals surface area contributed by atoms with Crippen LogP contribution in [0.4, 0.5) is 24.5 Å². The first-order chi connectivity index (χ1) is 6.84. The van der Waals surface area contributed by atoms with Gasteiger partial charge in [-0.15, -0.1) is 12.4 Å². The molecule has 0 radical (unpaired) electrons. The second kappa shape index (κ2) is 4.99. The molecular weight excluding hydrogens is 251 g/mol. The van der Waals surface area contributed by atoms with Gasteiger partial charge in [-0.05, 0) is 6.07 Å². The number of nitro groups is 1. The molecule has 0 heterocycles. The third-order valence-electron chi connectivity index (χ3n) is 1.62. The van der Waals surface area contributed by atoms with Crippen molar-refractivity contribution in [2.45, 2.75) is 6.18 Å². The molecule has 16 heavy (non-hydrogen) atoms. The van der Waals surface area contributed by atoms with E-state index in [1.54, 1.807) is 0 Å². The average Bonchev–Trinajstić information content (AvgIpc) is 2.15. The maximum atomic E-state index is 12.3. The highest BCUT2D eigenvalue weighted by molar-refractivity contribution is 5.85. The lowest BCUT2D eigenvalue weighted by atomic mass is 10.1. The van der Waals surface area contributed by atoms with Crippen LogP contribution in [0.3, 0.4) is 0 Å². The molecule has 90 valence electrons. The molecule has 0 atom stereocenters. The van der Waals surface area contributed by atoms with E-state index in [9.17, 15) is 23.3 Å². The second-order valence-corrected chi connectivity index (χ2v) is 2.67. The summed E-state index contributed by atoms with van der Waals surface area (Å²) in [5, 5.41) is 10.3. The van der Waals surface area contributed by atoms with Crippen LogP contribution < -0.4 is 11.3 Å². The topological polar surface area (TPSA) is 81.2 Å².